The molecule has 0 saturated carbocycles. The lowest BCUT2D eigenvalue weighted by atomic mass is 10.1. The number of rotatable bonds is 10. The summed E-state index contributed by atoms with van der Waals surface area (Å²) in [5.74, 6) is -0.215. The summed E-state index contributed by atoms with van der Waals surface area (Å²) in [4.78, 5) is 39.0. The van der Waals surface area contributed by atoms with Crippen LogP contribution in [-0.4, -0.2) is 66.7 Å². The van der Waals surface area contributed by atoms with E-state index in [1.807, 2.05) is 37.3 Å². The highest BCUT2D eigenvalue weighted by Gasteiger charge is 2.34. The second-order valence-electron chi connectivity index (χ2n) is 7.69. The molecule has 186 valence electrons. The molecule has 1 atom stereocenters. The zero-order chi connectivity index (χ0) is 25.0. The molecule has 2 N–H and O–H groups in total. The summed E-state index contributed by atoms with van der Waals surface area (Å²) in [7, 11) is 0. The maximum Gasteiger partial charge on any atom is 0.308 e. The number of carbonyl (C=O) groups is 3. The van der Waals surface area contributed by atoms with Gasteiger partial charge in [-0.05, 0) is 42.9 Å². The number of amides is 2. The van der Waals surface area contributed by atoms with E-state index in [0.29, 0.717) is 31.9 Å². The van der Waals surface area contributed by atoms with Crippen LogP contribution in [0.25, 0.3) is 0 Å². The van der Waals surface area contributed by atoms with E-state index in [1.54, 1.807) is 24.3 Å². The minimum Gasteiger partial charge on any atom is -0.490 e. The van der Waals surface area contributed by atoms with Crippen LogP contribution in [0.3, 0.4) is 0 Å². The van der Waals surface area contributed by atoms with Crippen molar-refractivity contribution in [2.24, 2.45) is 0 Å². The number of esters is 1. The number of ether oxygens (including phenoxy) is 3. The highest BCUT2D eigenvalue weighted by molar-refractivity contribution is 7.80. The van der Waals surface area contributed by atoms with Gasteiger partial charge >= 0.3 is 5.97 Å². The van der Waals surface area contributed by atoms with Crippen LogP contribution in [0.2, 0.25) is 0 Å². The standard InChI is InChI=1S/C25H29N3O6S/c1-2-14-34-22(29)17-20-24(31)26-12-13-28(20)25(35)27-23(30)19-10-6-7-11-21(19)33-16-15-32-18-8-4-3-5-9-18/h3-11,20H,2,12-17H2,1H3,(H,26,31)(H,27,30,35). The molecule has 1 fully saturated rings. The number of nitrogens with zero attached hydrogens (tertiary/aromatic N) is 1. The Labute approximate surface area is 209 Å². The molecule has 0 radical (unpaired) electrons. The van der Waals surface area contributed by atoms with Gasteiger partial charge in [-0.25, -0.2) is 0 Å². The fourth-order valence-corrected chi connectivity index (χ4v) is 3.75. The molecule has 3 rings (SSSR count). The van der Waals surface area contributed by atoms with Gasteiger partial charge in [0.1, 0.15) is 30.8 Å². The zero-order valence-electron chi connectivity index (χ0n) is 19.5. The molecule has 1 unspecified atom stereocenters. The summed E-state index contributed by atoms with van der Waals surface area (Å²) in [5, 5.41) is 5.44. The Hall–Kier alpha value is -3.66. The first-order valence-electron chi connectivity index (χ1n) is 11.4. The summed E-state index contributed by atoms with van der Waals surface area (Å²) in [5.41, 5.74) is 0.287. The first kappa shape index (κ1) is 26.0. The number of hydrogen-bond donors (Lipinski definition) is 2. The molecular weight excluding hydrogens is 470 g/mol. The number of thiocarbonyl (C=S) groups is 1. The lowest BCUT2D eigenvalue weighted by Crippen LogP contribution is -2.60. The van der Waals surface area contributed by atoms with E-state index in [0.717, 1.165) is 5.75 Å². The van der Waals surface area contributed by atoms with Crippen molar-refractivity contribution < 1.29 is 28.6 Å². The van der Waals surface area contributed by atoms with Crippen molar-refractivity contribution in [3.05, 3.63) is 60.2 Å². The molecule has 2 aromatic carbocycles. The Morgan fingerprint density at radius 3 is 2.54 bits per heavy atom. The van der Waals surface area contributed by atoms with Gasteiger partial charge in [0.2, 0.25) is 5.91 Å². The molecule has 0 spiro atoms. The predicted octanol–water partition coefficient (Wildman–Crippen LogP) is 2.30. The molecule has 0 bridgehead atoms. The van der Waals surface area contributed by atoms with Crippen molar-refractivity contribution in [3.8, 4) is 11.5 Å². The van der Waals surface area contributed by atoms with Gasteiger partial charge in [-0.15, -0.1) is 0 Å². The molecule has 1 heterocycles. The van der Waals surface area contributed by atoms with Gasteiger partial charge in [0.05, 0.1) is 18.6 Å². The van der Waals surface area contributed by atoms with E-state index >= 15 is 0 Å². The van der Waals surface area contributed by atoms with E-state index in [1.165, 1.54) is 4.90 Å². The van der Waals surface area contributed by atoms with E-state index in [9.17, 15) is 14.4 Å². The van der Waals surface area contributed by atoms with Gasteiger partial charge in [-0.3, -0.25) is 19.7 Å². The van der Waals surface area contributed by atoms with Gasteiger partial charge in [0.25, 0.3) is 5.91 Å². The maximum atomic E-state index is 13.0. The van der Waals surface area contributed by atoms with Crippen LogP contribution in [0.1, 0.15) is 30.1 Å². The average molecular weight is 500 g/mol. The SMILES string of the molecule is CCCOC(=O)CC1C(=O)NCCN1C(=S)NC(=O)c1ccccc1OCCOc1ccccc1. The minimum absolute atomic E-state index is 0.0559. The smallest absolute Gasteiger partial charge is 0.308 e. The van der Waals surface area contributed by atoms with Crippen LogP contribution in [0.5, 0.6) is 11.5 Å². The molecule has 35 heavy (non-hydrogen) atoms. The van der Waals surface area contributed by atoms with Crippen molar-refractivity contribution in [3.63, 3.8) is 0 Å². The number of hydrogen-bond acceptors (Lipinski definition) is 7. The molecule has 9 nitrogen and oxygen atoms in total. The van der Waals surface area contributed by atoms with Crippen molar-refractivity contribution >= 4 is 35.1 Å². The number of carbonyl (C=O) groups excluding carboxylic acids is 3. The van der Waals surface area contributed by atoms with Crippen LogP contribution < -0.4 is 20.1 Å². The van der Waals surface area contributed by atoms with Gasteiger partial charge < -0.3 is 24.4 Å². The Bertz CT molecular complexity index is 1030. The zero-order valence-corrected chi connectivity index (χ0v) is 20.3. The average Bonchev–Trinajstić information content (AvgIpc) is 2.87. The summed E-state index contributed by atoms with van der Waals surface area (Å²) in [6, 6.07) is 15.3. The van der Waals surface area contributed by atoms with E-state index in [4.69, 9.17) is 26.4 Å². The fraction of sp³-hybridized carbons (Fsp3) is 0.360. The second kappa shape index (κ2) is 13.3. The minimum atomic E-state index is -0.859. The fourth-order valence-electron chi connectivity index (χ4n) is 3.44. The van der Waals surface area contributed by atoms with Crippen LogP contribution in [0.15, 0.2) is 54.6 Å². The van der Waals surface area contributed by atoms with Crippen molar-refractivity contribution in [2.75, 3.05) is 32.9 Å². The van der Waals surface area contributed by atoms with Gasteiger partial charge in [0.15, 0.2) is 5.11 Å². The van der Waals surface area contributed by atoms with Crippen LogP contribution in [0, 0.1) is 0 Å². The van der Waals surface area contributed by atoms with Crippen LogP contribution in [0.4, 0.5) is 0 Å². The second-order valence-corrected chi connectivity index (χ2v) is 8.08. The van der Waals surface area contributed by atoms with E-state index in [-0.39, 0.29) is 36.2 Å². The van der Waals surface area contributed by atoms with Crippen molar-refractivity contribution in [1.82, 2.24) is 15.5 Å². The summed E-state index contributed by atoms with van der Waals surface area (Å²) in [6.45, 7) is 3.40. The summed E-state index contributed by atoms with van der Waals surface area (Å²) in [6.07, 6.45) is 0.517. The summed E-state index contributed by atoms with van der Waals surface area (Å²) >= 11 is 5.43. The monoisotopic (exact) mass is 499 g/mol. The Kier molecular flexibility index (Phi) is 9.85. The predicted molar refractivity (Wildman–Crippen MR) is 133 cm³/mol. The lowest BCUT2D eigenvalue weighted by Gasteiger charge is -2.36. The third kappa shape index (κ3) is 7.68. The molecule has 10 heteroatoms. The Morgan fingerprint density at radius 1 is 1.06 bits per heavy atom. The maximum absolute atomic E-state index is 13.0. The van der Waals surface area contributed by atoms with E-state index < -0.39 is 17.9 Å². The molecule has 2 amide bonds. The van der Waals surface area contributed by atoms with Crippen LogP contribution in [-0.2, 0) is 14.3 Å². The number of benzene rings is 2. The molecular formula is C25H29N3O6S. The number of para-hydroxylation sites is 2. The molecule has 1 aliphatic rings. The number of nitrogens with one attached hydrogen (secondary N) is 2. The van der Waals surface area contributed by atoms with Crippen molar-refractivity contribution in [1.29, 1.82) is 0 Å². The normalized spacial score (nSPS) is 15.1. The van der Waals surface area contributed by atoms with E-state index in [2.05, 4.69) is 10.6 Å². The third-order valence-corrected chi connectivity index (χ3v) is 5.46. The molecule has 0 aliphatic carbocycles. The van der Waals surface area contributed by atoms with Gasteiger partial charge in [-0.2, -0.15) is 0 Å². The highest BCUT2D eigenvalue weighted by atomic mass is 32.1. The Morgan fingerprint density at radius 2 is 1.77 bits per heavy atom. The molecule has 0 aromatic heterocycles. The molecule has 1 aliphatic heterocycles. The molecule has 2 aromatic rings. The topological polar surface area (TPSA) is 106 Å². The quantitative estimate of drug-likeness (QED) is 0.291. The van der Waals surface area contributed by atoms with Gasteiger partial charge in [-0.1, -0.05) is 37.3 Å². The first-order chi connectivity index (χ1) is 17.0. The van der Waals surface area contributed by atoms with Crippen LogP contribution >= 0.6 is 12.2 Å². The highest BCUT2D eigenvalue weighted by Crippen LogP contribution is 2.19. The Balaban J connectivity index is 1.59. The lowest BCUT2D eigenvalue weighted by molar-refractivity contribution is -0.147. The number of piperazine rings is 1. The van der Waals surface area contributed by atoms with Crippen molar-refractivity contribution in [2.45, 2.75) is 25.8 Å². The molecule has 1 saturated heterocycles. The third-order valence-electron chi connectivity index (χ3n) is 5.12. The largest absolute Gasteiger partial charge is 0.490 e. The first-order valence-corrected chi connectivity index (χ1v) is 11.9. The summed E-state index contributed by atoms with van der Waals surface area (Å²) < 4.78 is 16.5. The van der Waals surface area contributed by atoms with Gasteiger partial charge in [0, 0.05) is 13.1 Å².